The van der Waals surface area contributed by atoms with Crippen LogP contribution in [0.15, 0.2) is 59.7 Å². The number of anilines is 2. The molecule has 0 saturated heterocycles. The predicted octanol–water partition coefficient (Wildman–Crippen LogP) is 3.87. The van der Waals surface area contributed by atoms with Crippen molar-refractivity contribution in [3.05, 3.63) is 61.1 Å². The Morgan fingerprint density at radius 1 is 1.37 bits per heavy atom. The molecule has 1 aromatic heterocycles. The number of furan rings is 1. The van der Waals surface area contributed by atoms with Crippen molar-refractivity contribution < 1.29 is 18.7 Å². The number of ether oxygens (including phenoxy) is 1. The smallest absolute Gasteiger partial charge is 0.248 e. The van der Waals surface area contributed by atoms with Gasteiger partial charge in [-0.15, -0.1) is 6.58 Å². The second-order valence-electron chi connectivity index (χ2n) is 6.90. The second kappa shape index (κ2) is 7.53. The number of carbonyl (C=O) groups excluding carboxylic acids is 2. The van der Waals surface area contributed by atoms with Gasteiger partial charge >= 0.3 is 0 Å². The summed E-state index contributed by atoms with van der Waals surface area (Å²) in [4.78, 5) is 26.5. The number of hydrogen-bond acceptors (Lipinski definition) is 4. The summed E-state index contributed by atoms with van der Waals surface area (Å²) in [7, 11) is 0. The molecule has 2 heterocycles. The molecule has 1 N–H and O–H groups in total. The standard InChI is InChI=1S/C21H22N2O4/c1-4-11-23-17-9-7-15(13-18(17)27-14-21(2,3)20(23)25)22-19(24)10-8-16-6-5-12-26-16/h4-10,12-13H,1,11,14H2,2-3H3,(H,22,24)/b10-8+. The molecule has 1 aromatic carbocycles. The first kappa shape index (κ1) is 18.5. The molecule has 6 nitrogen and oxygen atoms in total. The zero-order valence-corrected chi connectivity index (χ0v) is 15.4. The number of nitrogens with one attached hydrogen (secondary N) is 1. The van der Waals surface area contributed by atoms with Crippen molar-refractivity contribution >= 4 is 29.3 Å². The van der Waals surface area contributed by atoms with Crippen molar-refractivity contribution in [2.75, 3.05) is 23.4 Å². The molecule has 1 aliphatic heterocycles. The molecule has 2 aromatic rings. The Bertz CT molecular complexity index is 882. The number of carbonyl (C=O) groups is 2. The third kappa shape index (κ3) is 4.11. The van der Waals surface area contributed by atoms with Crippen LogP contribution in [0, 0.1) is 5.41 Å². The van der Waals surface area contributed by atoms with Crippen LogP contribution in [0.25, 0.3) is 6.08 Å². The molecular weight excluding hydrogens is 344 g/mol. The topological polar surface area (TPSA) is 71.8 Å². The average molecular weight is 366 g/mol. The van der Waals surface area contributed by atoms with Crippen LogP contribution < -0.4 is 15.0 Å². The maximum Gasteiger partial charge on any atom is 0.248 e. The SMILES string of the molecule is C=CCN1C(=O)C(C)(C)COc2cc(NC(=O)/C=C/c3ccco3)ccc21. The van der Waals surface area contributed by atoms with Gasteiger partial charge in [-0.05, 0) is 44.2 Å². The van der Waals surface area contributed by atoms with Gasteiger partial charge in [-0.3, -0.25) is 9.59 Å². The third-order valence-electron chi connectivity index (χ3n) is 4.18. The number of amides is 2. The first-order valence-corrected chi connectivity index (χ1v) is 8.63. The van der Waals surface area contributed by atoms with Gasteiger partial charge in [-0.1, -0.05) is 6.08 Å². The highest BCUT2D eigenvalue weighted by atomic mass is 16.5. The summed E-state index contributed by atoms with van der Waals surface area (Å²) < 4.78 is 11.0. The van der Waals surface area contributed by atoms with Crippen molar-refractivity contribution in [1.82, 2.24) is 0 Å². The Hall–Kier alpha value is -3.28. The number of hydrogen-bond donors (Lipinski definition) is 1. The summed E-state index contributed by atoms with van der Waals surface area (Å²) in [5, 5.41) is 2.78. The van der Waals surface area contributed by atoms with Crippen LogP contribution >= 0.6 is 0 Å². The molecule has 0 unspecified atom stereocenters. The van der Waals surface area contributed by atoms with Gasteiger partial charge in [0.25, 0.3) is 0 Å². The molecular formula is C21H22N2O4. The van der Waals surface area contributed by atoms with Crippen molar-refractivity contribution in [3.8, 4) is 5.75 Å². The molecule has 0 bridgehead atoms. The average Bonchev–Trinajstić information content (AvgIpc) is 3.13. The summed E-state index contributed by atoms with van der Waals surface area (Å²) in [6.07, 6.45) is 6.20. The third-order valence-corrected chi connectivity index (χ3v) is 4.18. The fourth-order valence-corrected chi connectivity index (χ4v) is 2.76. The number of nitrogens with zero attached hydrogens (tertiary/aromatic N) is 1. The van der Waals surface area contributed by atoms with E-state index in [-0.39, 0.29) is 18.4 Å². The van der Waals surface area contributed by atoms with E-state index >= 15 is 0 Å². The first-order valence-electron chi connectivity index (χ1n) is 8.63. The quantitative estimate of drug-likeness (QED) is 0.644. The number of benzene rings is 1. The molecule has 6 heteroatoms. The van der Waals surface area contributed by atoms with E-state index in [9.17, 15) is 9.59 Å². The minimum absolute atomic E-state index is 0.0284. The van der Waals surface area contributed by atoms with Crippen molar-refractivity contribution in [2.45, 2.75) is 13.8 Å². The molecule has 0 saturated carbocycles. The van der Waals surface area contributed by atoms with Crippen molar-refractivity contribution in [2.24, 2.45) is 5.41 Å². The van der Waals surface area contributed by atoms with Crippen molar-refractivity contribution in [3.63, 3.8) is 0 Å². The van der Waals surface area contributed by atoms with E-state index in [4.69, 9.17) is 9.15 Å². The van der Waals surface area contributed by atoms with E-state index in [1.807, 2.05) is 13.8 Å². The van der Waals surface area contributed by atoms with Crippen LogP contribution in [0.2, 0.25) is 0 Å². The maximum absolute atomic E-state index is 12.8. The van der Waals surface area contributed by atoms with E-state index < -0.39 is 5.41 Å². The summed E-state index contributed by atoms with van der Waals surface area (Å²) >= 11 is 0. The predicted molar refractivity (Wildman–Crippen MR) is 105 cm³/mol. The molecule has 1 aliphatic rings. The van der Waals surface area contributed by atoms with Gasteiger partial charge in [0.2, 0.25) is 11.8 Å². The van der Waals surface area contributed by atoms with Gasteiger partial charge in [-0.25, -0.2) is 0 Å². The Balaban J connectivity index is 1.81. The molecule has 27 heavy (non-hydrogen) atoms. The lowest BCUT2D eigenvalue weighted by atomic mass is 9.93. The molecule has 140 valence electrons. The van der Waals surface area contributed by atoms with Crippen LogP contribution in [-0.4, -0.2) is 25.0 Å². The molecule has 2 amide bonds. The lowest BCUT2D eigenvalue weighted by molar-refractivity contribution is -0.127. The van der Waals surface area contributed by atoms with E-state index in [1.54, 1.807) is 53.6 Å². The monoisotopic (exact) mass is 366 g/mol. The molecule has 3 rings (SSSR count). The molecule has 0 aliphatic carbocycles. The fourth-order valence-electron chi connectivity index (χ4n) is 2.76. The van der Waals surface area contributed by atoms with E-state index in [0.717, 1.165) is 0 Å². The van der Waals surface area contributed by atoms with Gasteiger partial charge in [0.15, 0.2) is 0 Å². The molecule has 0 atom stereocenters. The van der Waals surface area contributed by atoms with Crippen molar-refractivity contribution in [1.29, 1.82) is 0 Å². The van der Waals surface area contributed by atoms with Crippen LogP contribution in [0.3, 0.4) is 0 Å². The normalized spacial score (nSPS) is 15.8. The van der Waals surface area contributed by atoms with Gasteiger partial charge in [-0.2, -0.15) is 0 Å². The van der Waals surface area contributed by atoms with E-state index in [0.29, 0.717) is 29.4 Å². The van der Waals surface area contributed by atoms with Gasteiger partial charge in [0.1, 0.15) is 18.1 Å². The summed E-state index contributed by atoms with van der Waals surface area (Å²) in [6, 6.07) is 8.73. The highest BCUT2D eigenvalue weighted by Crippen LogP contribution is 2.38. The number of rotatable bonds is 5. The second-order valence-corrected chi connectivity index (χ2v) is 6.90. The van der Waals surface area contributed by atoms with Gasteiger partial charge in [0.05, 0.1) is 17.4 Å². The fraction of sp³-hybridized carbons (Fsp3) is 0.238. The van der Waals surface area contributed by atoms with E-state index in [1.165, 1.54) is 6.08 Å². The Morgan fingerprint density at radius 3 is 2.89 bits per heavy atom. The highest BCUT2D eigenvalue weighted by molar-refractivity contribution is 6.03. The Kier molecular flexibility index (Phi) is 5.16. The Labute approximate surface area is 158 Å². The highest BCUT2D eigenvalue weighted by Gasteiger charge is 2.37. The zero-order chi connectivity index (χ0) is 19.4. The molecule has 0 spiro atoms. The van der Waals surface area contributed by atoms with Gasteiger partial charge < -0.3 is 19.4 Å². The first-order chi connectivity index (χ1) is 12.9. The van der Waals surface area contributed by atoms with Gasteiger partial charge in [0, 0.05) is 24.4 Å². The lowest BCUT2D eigenvalue weighted by Crippen LogP contribution is -2.42. The van der Waals surface area contributed by atoms with Crippen LogP contribution in [0.1, 0.15) is 19.6 Å². The Morgan fingerprint density at radius 2 is 2.19 bits per heavy atom. The zero-order valence-electron chi connectivity index (χ0n) is 15.4. The minimum atomic E-state index is -0.656. The largest absolute Gasteiger partial charge is 0.490 e. The van der Waals surface area contributed by atoms with Crippen LogP contribution in [0.4, 0.5) is 11.4 Å². The minimum Gasteiger partial charge on any atom is -0.490 e. The molecule has 0 fully saturated rings. The number of fused-ring (bicyclic) bond motifs is 1. The molecule has 0 radical (unpaired) electrons. The van der Waals surface area contributed by atoms with Crippen LogP contribution in [-0.2, 0) is 9.59 Å². The maximum atomic E-state index is 12.8. The van der Waals surface area contributed by atoms with Crippen LogP contribution in [0.5, 0.6) is 5.75 Å². The van der Waals surface area contributed by atoms with E-state index in [2.05, 4.69) is 11.9 Å². The summed E-state index contributed by atoms with van der Waals surface area (Å²) in [6.45, 7) is 8.06. The summed E-state index contributed by atoms with van der Waals surface area (Å²) in [5.74, 6) is 0.818. The lowest BCUT2D eigenvalue weighted by Gasteiger charge is -2.27. The summed E-state index contributed by atoms with van der Waals surface area (Å²) in [5.41, 5.74) is 0.583.